The van der Waals surface area contributed by atoms with Crippen molar-refractivity contribution in [2.45, 2.75) is 26.2 Å². The highest BCUT2D eigenvalue weighted by atomic mass is 16.5. The molecule has 0 spiro atoms. The number of hydrogen-bond donors (Lipinski definition) is 0. The fourth-order valence-corrected chi connectivity index (χ4v) is 9.56. The first-order valence-electron chi connectivity index (χ1n) is 21.1. The highest BCUT2D eigenvalue weighted by Crippen LogP contribution is 2.50. The van der Waals surface area contributed by atoms with Gasteiger partial charge in [0.25, 0.3) is 0 Å². The van der Waals surface area contributed by atoms with Gasteiger partial charge in [-0.2, -0.15) is 0 Å². The van der Waals surface area contributed by atoms with E-state index in [4.69, 9.17) is 9.72 Å². The number of hydrogen-bond acceptors (Lipinski definition) is 2. The summed E-state index contributed by atoms with van der Waals surface area (Å²) >= 11 is 0. The Morgan fingerprint density at radius 2 is 1.13 bits per heavy atom. The van der Waals surface area contributed by atoms with E-state index in [0.29, 0.717) is 0 Å². The van der Waals surface area contributed by atoms with Crippen LogP contribution in [0.3, 0.4) is 0 Å². The summed E-state index contributed by atoms with van der Waals surface area (Å²) in [6, 6.07) is 58.4. The summed E-state index contributed by atoms with van der Waals surface area (Å²) < 4.78 is 18.0. The van der Waals surface area contributed by atoms with Crippen LogP contribution in [0.25, 0.3) is 88.3 Å². The van der Waals surface area contributed by atoms with Crippen molar-refractivity contribution in [2.24, 2.45) is 7.05 Å². The van der Waals surface area contributed by atoms with Crippen LogP contribution in [0.2, 0.25) is 0 Å². The van der Waals surface area contributed by atoms with Crippen molar-refractivity contribution in [3.8, 4) is 34.4 Å². The fourth-order valence-electron chi connectivity index (χ4n) is 9.56. The molecule has 0 bridgehead atoms. The summed E-state index contributed by atoms with van der Waals surface area (Å²) in [6.07, 6.45) is 9.24. The number of aromatic nitrogens is 6. The summed E-state index contributed by atoms with van der Waals surface area (Å²) in [7, 11) is 1.97. The second-order valence-corrected chi connectivity index (χ2v) is 17.2. The number of aryl methyl sites for hydroxylation is 1. The highest BCUT2D eigenvalue weighted by Gasteiger charge is 2.29. The molecule has 0 atom stereocenters. The summed E-state index contributed by atoms with van der Waals surface area (Å²) in [5.74, 6) is 2.33. The molecule has 5 heterocycles. The molecule has 0 N–H and O–H groups in total. The molecule has 0 radical (unpaired) electrons. The van der Waals surface area contributed by atoms with Gasteiger partial charge >= 0.3 is 0 Å². The Labute approximate surface area is 358 Å². The molecule has 0 amide bonds. The summed E-state index contributed by atoms with van der Waals surface area (Å²) in [5.41, 5.74) is 11.0. The number of pyridine rings is 1. The maximum atomic E-state index is 6.78. The van der Waals surface area contributed by atoms with Gasteiger partial charge in [0.05, 0.1) is 45.8 Å². The van der Waals surface area contributed by atoms with Crippen LogP contribution in [-0.4, -0.2) is 23.3 Å². The van der Waals surface area contributed by atoms with E-state index in [2.05, 4.69) is 192 Å². The van der Waals surface area contributed by atoms with Crippen molar-refractivity contribution < 1.29 is 9.30 Å². The van der Waals surface area contributed by atoms with Crippen LogP contribution >= 0.6 is 0 Å². The van der Waals surface area contributed by atoms with Crippen LogP contribution in [-0.2, 0) is 12.5 Å². The summed E-state index contributed by atoms with van der Waals surface area (Å²) in [4.78, 5) is 5.21. The smallest absolute Gasteiger partial charge is 0.243 e. The van der Waals surface area contributed by atoms with Crippen molar-refractivity contribution in [1.29, 1.82) is 0 Å². The Hall–Kier alpha value is -7.90. The van der Waals surface area contributed by atoms with Gasteiger partial charge in [0.2, 0.25) is 6.33 Å². The Bertz CT molecular complexity index is 3710. The number of para-hydroxylation sites is 4. The molecule has 298 valence electrons. The maximum Gasteiger partial charge on any atom is 0.243 e. The lowest BCUT2D eigenvalue weighted by atomic mass is 9.88. The highest BCUT2D eigenvalue weighted by molar-refractivity contribution is 6.40. The van der Waals surface area contributed by atoms with E-state index < -0.39 is 0 Å². The van der Waals surface area contributed by atoms with Crippen molar-refractivity contribution >= 4 is 65.4 Å². The third-order valence-electron chi connectivity index (χ3n) is 12.3. The quantitative estimate of drug-likeness (QED) is 0.124. The van der Waals surface area contributed by atoms with E-state index in [9.17, 15) is 0 Å². The van der Waals surface area contributed by atoms with Gasteiger partial charge in [-0.05, 0) is 83.8 Å². The number of fused-ring (bicyclic) bond motifs is 12. The largest absolute Gasteiger partial charge is 0.458 e. The monoisotopic (exact) mass is 802 g/mol. The molecule has 12 aromatic rings. The van der Waals surface area contributed by atoms with E-state index in [-0.39, 0.29) is 5.41 Å². The topological polar surface area (TPSA) is 45.7 Å². The zero-order valence-corrected chi connectivity index (χ0v) is 34.9. The molecule has 0 aliphatic heterocycles. The van der Waals surface area contributed by atoms with Gasteiger partial charge in [0.15, 0.2) is 0 Å². The Morgan fingerprint density at radius 1 is 0.532 bits per heavy atom. The molecule has 0 aliphatic rings. The number of nitrogens with zero attached hydrogens (tertiary/aromatic N) is 6. The van der Waals surface area contributed by atoms with Crippen LogP contribution in [0, 0.1) is 6.33 Å². The lowest BCUT2D eigenvalue weighted by Gasteiger charge is -2.20. The molecule has 12 rings (SSSR count). The minimum absolute atomic E-state index is 0.0983. The summed E-state index contributed by atoms with van der Waals surface area (Å²) in [6.45, 7) is 6.78. The van der Waals surface area contributed by atoms with Crippen molar-refractivity contribution in [1.82, 2.24) is 23.3 Å². The van der Waals surface area contributed by atoms with Crippen molar-refractivity contribution in [3.05, 3.63) is 194 Å². The molecule has 0 saturated heterocycles. The molecule has 0 saturated carbocycles. The van der Waals surface area contributed by atoms with Gasteiger partial charge in [0, 0.05) is 68.3 Å². The molecule has 62 heavy (non-hydrogen) atoms. The standard InChI is InChI=1S/C55H42N6O/c1-55(2,3)36-28-29-56-48(32-36)61-47-34-41(62-40-21-15-20-39(33-40)58-31-30-57(4)35-58)26-27-44(47)49-50-42-22-11-13-24-45(42)59(37-16-7-5-8-17-37)53(50)54-51(52(49)61)43-23-12-14-25-46(43)60(54)38-18-9-6-10-19-38/h5-34H,1-4H3. The molecule has 0 aliphatic carbocycles. The zero-order valence-electron chi connectivity index (χ0n) is 34.9. The minimum atomic E-state index is -0.0983. The van der Waals surface area contributed by atoms with E-state index in [0.717, 1.165) is 78.3 Å². The predicted molar refractivity (Wildman–Crippen MR) is 252 cm³/mol. The van der Waals surface area contributed by atoms with E-state index in [1.807, 2.05) is 46.9 Å². The summed E-state index contributed by atoms with van der Waals surface area (Å²) in [5, 5.41) is 7.01. The number of imidazole rings is 1. The first-order chi connectivity index (χ1) is 30.3. The molecule has 7 aromatic carbocycles. The molecule has 7 heteroatoms. The second kappa shape index (κ2) is 13.6. The number of rotatable bonds is 6. The molecule has 7 nitrogen and oxygen atoms in total. The van der Waals surface area contributed by atoms with Gasteiger partial charge in [-0.3, -0.25) is 4.57 Å². The molecular weight excluding hydrogens is 761 g/mol. The predicted octanol–water partition coefficient (Wildman–Crippen LogP) is 12.9. The molecule has 0 unspecified atom stereocenters. The molecule has 5 aromatic heterocycles. The van der Waals surface area contributed by atoms with Gasteiger partial charge in [-0.1, -0.05) is 106 Å². The van der Waals surface area contributed by atoms with Crippen molar-refractivity contribution in [3.63, 3.8) is 0 Å². The Morgan fingerprint density at radius 3 is 1.79 bits per heavy atom. The first kappa shape index (κ1) is 36.0. The Kier molecular flexibility index (Phi) is 7.87. The van der Waals surface area contributed by atoms with E-state index in [1.165, 1.54) is 27.1 Å². The number of benzene rings is 7. The van der Waals surface area contributed by atoms with Crippen LogP contribution in [0.5, 0.6) is 11.5 Å². The molecular formula is C55H42N6O. The SMILES string of the molecule is Cn1[c-][n+](-c2cccc(Oc3ccc4c5c6c7ccccc7n(-c7ccccc7)c6c6c(c7ccccc7n6-c6ccccc6)c5n(-c5cc(C(C)(C)C)ccn5)c4c3)c2)cc1. The van der Waals surface area contributed by atoms with Gasteiger partial charge in [-0.25, -0.2) is 4.98 Å². The number of ether oxygens (including phenoxy) is 1. The average Bonchev–Trinajstić information content (AvgIpc) is 4.06. The van der Waals surface area contributed by atoms with Gasteiger partial charge in [-0.15, -0.1) is 0 Å². The third kappa shape index (κ3) is 5.44. The minimum Gasteiger partial charge on any atom is -0.458 e. The maximum absolute atomic E-state index is 6.78. The van der Waals surface area contributed by atoms with E-state index >= 15 is 0 Å². The average molecular weight is 803 g/mol. The van der Waals surface area contributed by atoms with Crippen LogP contribution < -0.4 is 9.30 Å². The van der Waals surface area contributed by atoms with Crippen LogP contribution in [0.15, 0.2) is 182 Å². The second-order valence-electron chi connectivity index (χ2n) is 17.2. The normalized spacial score (nSPS) is 12.2. The van der Waals surface area contributed by atoms with Crippen LogP contribution in [0.4, 0.5) is 0 Å². The molecule has 0 fully saturated rings. The third-order valence-corrected chi connectivity index (χ3v) is 12.3. The van der Waals surface area contributed by atoms with E-state index in [1.54, 1.807) is 0 Å². The zero-order chi connectivity index (χ0) is 41.7. The van der Waals surface area contributed by atoms with Crippen molar-refractivity contribution in [2.75, 3.05) is 0 Å². The van der Waals surface area contributed by atoms with Crippen LogP contribution in [0.1, 0.15) is 26.3 Å². The van der Waals surface area contributed by atoms with Gasteiger partial charge < -0.3 is 23.0 Å². The fraction of sp³-hybridized carbons (Fsp3) is 0.0909. The van der Waals surface area contributed by atoms with Gasteiger partial charge in [0.1, 0.15) is 17.3 Å². The lowest BCUT2D eigenvalue weighted by Crippen LogP contribution is -2.27. The Balaban J connectivity index is 1.29. The first-order valence-corrected chi connectivity index (χ1v) is 21.1. The lowest BCUT2D eigenvalue weighted by molar-refractivity contribution is -0.599.